The van der Waals surface area contributed by atoms with Gasteiger partial charge >= 0.3 is 5.97 Å². The SMILES string of the molecule is CCCN(CC(=O)O)C(=O)c1ccc(F)cc1O. The lowest BCUT2D eigenvalue weighted by Gasteiger charge is -2.20. The van der Waals surface area contributed by atoms with Crippen LogP contribution in [0.3, 0.4) is 0 Å². The van der Waals surface area contributed by atoms with E-state index >= 15 is 0 Å². The maximum atomic E-state index is 12.8. The van der Waals surface area contributed by atoms with Gasteiger partial charge in [0.05, 0.1) is 5.56 Å². The van der Waals surface area contributed by atoms with Crippen molar-refractivity contribution in [1.29, 1.82) is 0 Å². The van der Waals surface area contributed by atoms with Crippen molar-refractivity contribution in [3.63, 3.8) is 0 Å². The predicted octanol–water partition coefficient (Wildman–Crippen LogP) is 1.47. The maximum Gasteiger partial charge on any atom is 0.323 e. The van der Waals surface area contributed by atoms with E-state index in [1.807, 2.05) is 0 Å². The normalized spacial score (nSPS) is 10.1. The van der Waals surface area contributed by atoms with Gasteiger partial charge in [0.1, 0.15) is 18.1 Å². The van der Waals surface area contributed by atoms with Crippen LogP contribution in [0.1, 0.15) is 23.7 Å². The summed E-state index contributed by atoms with van der Waals surface area (Å²) in [4.78, 5) is 23.7. The van der Waals surface area contributed by atoms with E-state index < -0.39 is 30.0 Å². The summed E-state index contributed by atoms with van der Waals surface area (Å²) in [6.45, 7) is 1.60. The van der Waals surface area contributed by atoms with Crippen molar-refractivity contribution >= 4 is 11.9 Å². The standard InChI is InChI=1S/C12H14FNO4/c1-2-5-14(7-11(16)17)12(18)9-4-3-8(13)6-10(9)15/h3-4,6,15H,2,5,7H2,1H3,(H,16,17). The molecule has 0 heterocycles. The zero-order chi connectivity index (χ0) is 13.7. The third-order valence-electron chi connectivity index (χ3n) is 2.30. The van der Waals surface area contributed by atoms with E-state index in [1.165, 1.54) is 0 Å². The van der Waals surface area contributed by atoms with Crippen molar-refractivity contribution in [3.05, 3.63) is 29.6 Å². The van der Waals surface area contributed by atoms with Crippen molar-refractivity contribution < 1.29 is 24.2 Å². The minimum absolute atomic E-state index is 0.105. The number of carboxylic acid groups (broad SMARTS) is 1. The molecule has 0 aliphatic rings. The number of nitrogens with zero attached hydrogens (tertiary/aromatic N) is 1. The zero-order valence-electron chi connectivity index (χ0n) is 9.89. The number of rotatable bonds is 5. The van der Waals surface area contributed by atoms with Crippen LogP contribution in [0.2, 0.25) is 0 Å². The Labute approximate surface area is 103 Å². The topological polar surface area (TPSA) is 77.8 Å². The zero-order valence-corrected chi connectivity index (χ0v) is 9.89. The number of aromatic hydroxyl groups is 1. The first-order valence-electron chi connectivity index (χ1n) is 5.45. The molecule has 0 aromatic heterocycles. The second-order valence-electron chi connectivity index (χ2n) is 3.78. The number of phenols is 1. The van der Waals surface area contributed by atoms with E-state index in [4.69, 9.17) is 5.11 Å². The molecule has 0 aliphatic carbocycles. The number of phenolic OH excluding ortho intramolecular Hbond substituents is 1. The highest BCUT2D eigenvalue weighted by atomic mass is 19.1. The summed E-state index contributed by atoms with van der Waals surface area (Å²) in [6.07, 6.45) is 0.584. The number of hydrogen-bond acceptors (Lipinski definition) is 3. The monoisotopic (exact) mass is 255 g/mol. The maximum absolute atomic E-state index is 12.8. The Hall–Kier alpha value is -2.11. The quantitative estimate of drug-likeness (QED) is 0.835. The van der Waals surface area contributed by atoms with Crippen molar-refractivity contribution in [2.75, 3.05) is 13.1 Å². The highest BCUT2D eigenvalue weighted by Gasteiger charge is 2.20. The van der Waals surface area contributed by atoms with Gasteiger partial charge in [-0.05, 0) is 18.6 Å². The molecule has 18 heavy (non-hydrogen) atoms. The predicted molar refractivity (Wildman–Crippen MR) is 61.9 cm³/mol. The average molecular weight is 255 g/mol. The number of aliphatic carboxylic acids is 1. The Kier molecular flexibility index (Phi) is 4.65. The van der Waals surface area contributed by atoms with Crippen molar-refractivity contribution in [2.24, 2.45) is 0 Å². The Morgan fingerprint density at radius 2 is 2.06 bits per heavy atom. The molecule has 1 amide bonds. The van der Waals surface area contributed by atoms with Crippen LogP contribution in [0.15, 0.2) is 18.2 Å². The van der Waals surface area contributed by atoms with Crippen LogP contribution in [0.25, 0.3) is 0 Å². The minimum atomic E-state index is -1.14. The number of hydrogen-bond donors (Lipinski definition) is 2. The first-order chi connectivity index (χ1) is 8.45. The Morgan fingerprint density at radius 3 is 2.56 bits per heavy atom. The van der Waals surface area contributed by atoms with Gasteiger partial charge < -0.3 is 15.1 Å². The largest absolute Gasteiger partial charge is 0.507 e. The average Bonchev–Trinajstić information content (AvgIpc) is 2.27. The second-order valence-corrected chi connectivity index (χ2v) is 3.78. The molecule has 0 bridgehead atoms. The fraction of sp³-hybridized carbons (Fsp3) is 0.333. The fourth-order valence-corrected chi connectivity index (χ4v) is 1.54. The highest BCUT2D eigenvalue weighted by Crippen LogP contribution is 2.20. The van der Waals surface area contributed by atoms with Gasteiger partial charge in [-0.2, -0.15) is 0 Å². The minimum Gasteiger partial charge on any atom is -0.507 e. The number of amides is 1. The van der Waals surface area contributed by atoms with Gasteiger partial charge in [0.25, 0.3) is 5.91 Å². The molecule has 0 saturated carbocycles. The Balaban J connectivity index is 2.97. The molecule has 2 N–H and O–H groups in total. The van der Waals surface area contributed by atoms with Gasteiger partial charge in [0.2, 0.25) is 0 Å². The van der Waals surface area contributed by atoms with Crippen LogP contribution in [0.5, 0.6) is 5.75 Å². The van der Waals surface area contributed by atoms with Crippen LogP contribution in [-0.2, 0) is 4.79 Å². The lowest BCUT2D eigenvalue weighted by Crippen LogP contribution is -2.36. The molecule has 6 heteroatoms. The van der Waals surface area contributed by atoms with E-state index in [1.54, 1.807) is 6.92 Å². The number of carbonyl (C=O) groups is 2. The molecule has 98 valence electrons. The summed E-state index contributed by atoms with van der Waals surface area (Å²) in [7, 11) is 0. The molecular weight excluding hydrogens is 241 g/mol. The van der Waals surface area contributed by atoms with Crippen molar-refractivity contribution in [3.8, 4) is 5.75 Å². The summed E-state index contributed by atoms with van der Waals surface area (Å²) in [5, 5.41) is 18.2. The van der Waals surface area contributed by atoms with Gasteiger partial charge in [0.15, 0.2) is 0 Å². The number of carbonyl (C=O) groups excluding carboxylic acids is 1. The second kappa shape index (κ2) is 6.00. The van der Waals surface area contributed by atoms with Crippen LogP contribution in [0.4, 0.5) is 4.39 Å². The lowest BCUT2D eigenvalue weighted by atomic mass is 10.1. The summed E-state index contributed by atoms with van der Waals surface area (Å²) in [5.74, 6) is -2.93. The van der Waals surface area contributed by atoms with E-state index in [2.05, 4.69) is 0 Å². The fourth-order valence-electron chi connectivity index (χ4n) is 1.54. The van der Waals surface area contributed by atoms with Gasteiger partial charge in [-0.15, -0.1) is 0 Å². The smallest absolute Gasteiger partial charge is 0.323 e. The number of halogens is 1. The molecule has 0 radical (unpaired) electrons. The summed E-state index contributed by atoms with van der Waals surface area (Å²) in [5.41, 5.74) is -0.105. The van der Waals surface area contributed by atoms with E-state index in [0.717, 1.165) is 23.1 Å². The molecular formula is C12H14FNO4. The molecule has 5 nitrogen and oxygen atoms in total. The number of benzene rings is 1. The van der Waals surface area contributed by atoms with Crippen molar-refractivity contribution in [1.82, 2.24) is 4.90 Å². The third kappa shape index (κ3) is 3.44. The highest BCUT2D eigenvalue weighted by molar-refractivity contribution is 5.98. The molecule has 1 aromatic rings. The van der Waals surface area contributed by atoms with Gasteiger partial charge in [-0.25, -0.2) is 4.39 Å². The molecule has 0 saturated heterocycles. The third-order valence-corrected chi connectivity index (χ3v) is 2.30. The molecule has 0 aliphatic heterocycles. The Morgan fingerprint density at radius 1 is 1.39 bits per heavy atom. The Bertz CT molecular complexity index is 461. The summed E-state index contributed by atoms with van der Waals surface area (Å²) < 4.78 is 12.8. The lowest BCUT2D eigenvalue weighted by molar-refractivity contribution is -0.137. The molecule has 0 spiro atoms. The van der Waals surface area contributed by atoms with E-state index in [-0.39, 0.29) is 12.1 Å². The molecule has 1 aromatic carbocycles. The van der Waals surface area contributed by atoms with Gasteiger partial charge in [-0.1, -0.05) is 6.92 Å². The van der Waals surface area contributed by atoms with Crippen LogP contribution in [-0.4, -0.2) is 40.1 Å². The van der Waals surface area contributed by atoms with Crippen LogP contribution >= 0.6 is 0 Å². The summed E-state index contributed by atoms with van der Waals surface area (Å²) in [6, 6.07) is 2.99. The first kappa shape index (κ1) is 14.0. The molecule has 0 atom stereocenters. The van der Waals surface area contributed by atoms with E-state index in [0.29, 0.717) is 6.42 Å². The first-order valence-corrected chi connectivity index (χ1v) is 5.45. The van der Waals surface area contributed by atoms with Gasteiger partial charge in [-0.3, -0.25) is 9.59 Å². The van der Waals surface area contributed by atoms with Crippen LogP contribution < -0.4 is 0 Å². The van der Waals surface area contributed by atoms with E-state index in [9.17, 15) is 19.1 Å². The molecule has 1 rings (SSSR count). The molecule has 0 unspecified atom stereocenters. The van der Waals surface area contributed by atoms with Crippen LogP contribution in [0, 0.1) is 5.82 Å². The van der Waals surface area contributed by atoms with Gasteiger partial charge in [0, 0.05) is 12.6 Å². The number of carboxylic acids is 1. The summed E-state index contributed by atoms with van der Waals surface area (Å²) >= 11 is 0. The van der Waals surface area contributed by atoms with Crippen molar-refractivity contribution in [2.45, 2.75) is 13.3 Å². The molecule has 0 fully saturated rings.